The lowest BCUT2D eigenvalue weighted by Gasteiger charge is -2.25. The SMILES string of the molecule is CCOC(=O)C1=C(C)N=c2sc(=Cc3ccccc3OCc3cccc4ccccc34)c(=O)n2C1c1ccccc1OC. The van der Waals surface area contributed by atoms with Crippen molar-refractivity contribution in [3.05, 3.63) is 139 Å². The number of para-hydroxylation sites is 2. The fourth-order valence-electron chi connectivity index (χ4n) is 5.42. The van der Waals surface area contributed by atoms with Crippen molar-refractivity contribution in [1.29, 1.82) is 0 Å². The van der Waals surface area contributed by atoms with E-state index in [1.54, 1.807) is 25.5 Å². The number of carbonyl (C=O) groups excluding carboxylic acids is 1. The normalized spacial score (nSPS) is 14.8. The van der Waals surface area contributed by atoms with Crippen molar-refractivity contribution >= 4 is 34.2 Å². The van der Waals surface area contributed by atoms with Gasteiger partial charge in [-0.15, -0.1) is 0 Å². The second-order valence-electron chi connectivity index (χ2n) is 10.0. The van der Waals surface area contributed by atoms with Crippen LogP contribution in [0.5, 0.6) is 11.5 Å². The molecule has 0 amide bonds. The van der Waals surface area contributed by atoms with E-state index in [0.29, 0.717) is 44.3 Å². The Morgan fingerprint density at radius 2 is 1.67 bits per heavy atom. The topological polar surface area (TPSA) is 79.1 Å². The van der Waals surface area contributed by atoms with Crippen LogP contribution < -0.4 is 24.4 Å². The Balaban J connectivity index is 1.44. The quantitative estimate of drug-likeness (QED) is 0.222. The molecule has 0 saturated heterocycles. The molecule has 0 bridgehead atoms. The van der Waals surface area contributed by atoms with Crippen LogP contribution in [0.2, 0.25) is 0 Å². The molecule has 1 aliphatic heterocycles. The van der Waals surface area contributed by atoms with Crippen LogP contribution in [-0.2, 0) is 16.1 Å². The molecule has 4 aromatic carbocycles. The van der Waals surface area contributed by atoms with Gasteiger partial charge in [0, 0.05) is 11.1 Å². The molecular weight excluding hydrogens is 560 g/mol. The summed E-state index contributed by atoms with van der Waals surface area (Å²) in [5, 5.41) is 2.29. The molecule has 43 heavy (non-hydrogen) atoms. The van der Waals surface area contributed by atoms with Gasteiger partial charge < -0.3 is 14.2 Å². The molecule has 0 spiro atoms. The minimum Gasteiger partial charge on any atom is -0.496 e. The van der Waals surface area contributed by atoms with E-state index in [-0.39, 0.29) is 12.2 Å². The Bertz CT molecular complexity index is 2050. The summed E-state index contributed by atoms with van der Waals surface area (Å²) < 4.78 is 19.4. The minimum atomic E-state index is -0.758. The van der Waals surface area contributed by atoms with Crippen molar-refractivity contribution in [3.63, 3.8) is 0 Å². The molecule has 1 atom stereocenters. The highest BCUT2D eigenvalue weighted by Gasteiger charge is 2.35. The first-order valence-electron chi connectivity index (χ1n) is 14.0. The second kappa shape index (κ2) is 12.1. The largest absolute Gasteiger partial charge is 0.496 e. The van der Waals surface area contributed by atoms with E-state index >= 15 is 0 Å². The fourth-order valence-corrected chi connectivity index (χ4v) is 6.46. The molecule has 1 aliphatic rings. The summed E-state index contributed by atoms with van der Waals surface area (Å²) >= 11 is 1.27. The third-order valence-electron chi connectivity index (χ3n) is 7.42. The molecule has 8 heteroatoms. The van der Waals surface area contributed by atoms with Gasteiger partial charge in [0.05, 0.1) is 29.5 Å². The third kappa shape index (κ3) is 5.37. The number of methoxy groups -OCH3 is 1. The molecule has 0 radical (unpaired) electrons. The molecule has 6 rings (SSSR count). The van der Waals surface area contributed by atoms with E-state index < -0.39 is 12.0 Å². The summed E-state index contributed by atoms with van der Waals surface area (Å²) in [5.74, 6) is 0.706. The van der Waals surface area contributed by atoms with Crippen LogP contribution in [0.3, 0.4) is 0 Å². The van der Waals surface area contributed by atoms with Crippen molar-refractivity contribution in [1.82, 2.24) is 4.57 Å². The van der Waals surface area contributed by atoms with Gasteiger partial charge in [-0.05, 0) is 48.4 Å². The molecular formula is C35H30N2O5S. The van der Waals surface area contributed by atoms with E-state index in [1.807, 2.05) is 72.8 Å². The average molecular weight is 591 g/mol. The van der Waals surface area contributed by atoms with Gasteiger partial charge in [0.1, 0.15) is 24.1 Å². The van der Waals surface area contributed by atoms with Gasteiger partial charge in [-0.3, -0.25) is 9.36 Å². The maximum Gasteiger partial charge on any atom is 0.338 e. The van der Waals surface area contributed by atoms with E-state index in [0.717, 1.165) is 21.9 Å². The summed E-state index contributed by atoms with van der Waals surface area (Å²) in [6.45, 7) is 4.10. The van der Waals surface area contributed by atoms with E-state index in [4.69, 9.17) is 14.2 Å². The molecule has 7 nitrogen and oxygen atoms in total. The van der Waals surface area contributed by atoms with Crippen molar-refractivity contribution in [2.24, 2.45) is 4.99 Å². The lowest BCUT2D eigenvalue weighted by Crippen LogP contribution is -2.40. The van der Waals surface area contributed by atoms with Crippen molar-refractivity contribution in [2.45, 2.75) is 26.5 Å². The zero-order valence-corrected chi connectivity index (χ0v) is 24.9. The van der Waals surface area contributed by atoms with Gasteiger partial charge in [-0.25, -0.2) is 9.79 Å². The molecule has 0 saturated carbocycles. The van der Waals surface area contributed by atoms with E-state index in [1.165, 1.54) is 11.3 Å². The summed E-state index contributed by atoms with van der Waals surface area (Å²) in [6, 6.07) is 28.6. The lowest BCUT2D eigenvalue weighted by molar-refractivity contribution is -0.139. The number of thiazole rings is 1. The van der Waals surface area contributed by atoms with E-state index in [2.05, 4.69) is 29.3 Å². The number of benzene rings is 4. The van der Waals surface area contributed by atoms with Crippen LogP contribution >= 0.6 is 11.3 Å². The number of nitrogens with zero attached hydrogens (tertiary/aromatic N) is 2. The predicted octanol–water partition coefficient (Wildman–Crippen LogP) is 5.54. The summed E-state index contributed by atoms with van der Waals surface area (Å²) in [7, 11) is 1.57. The molecule has 0 N–H and O–H groups in total. The number of rotatable bonds is 8. The fraction of sp³-hybridized carbons (Fsp3) is 0.171. The van der Waals surface area contributed by atoms with Crippen LogP contribution in [0.1, 0.15) is 36.6 Å². The Labute approximate surface area is 252 Å². The standard InChI is InChI=1S/C35H30N2O5S/c1-4-41-34(39)31-22(2)36-35-37(32(31)27-17-8-10-19-29(27)40-3)33(38)30(43-35)20-24-13-6-9-18-28(24)42-21-25-15-11-14-23-12-5-7-16-26(23)25/h5-20,32H,4,21H2,1-3H3. The molecule has 0 fully saturated rings. The highest BCUT2D eigenvalue weighted by atomic mass is 32.1. The Hall–Kier alpha value is -4.95. The molecule has 0 aliphatic carbocycles. The Kier molecular flexibility index (Phi) is 7.94. The Morgan fingerprint density at radius 3 is 2.49 bits per heavy atom. The van der Waals surface area contributed by atoms with Crippen molar-refractivity contribution in [3.8, 4) is 11.5 Å². The lowest BCUT2D eigenvalue weighted by atomic mass is 9.95. The van der Waals surface area contributed by atoms with Gasteiger partial charge in [-0.2, -0.15) is 0 Å². The maximum absolute atomic E-state index is 14.1. The monoisotopic (exact) mass is 590 g/mol. The van der Waals surface area contributed by atoms with Crippen LogP contribution in [0.25, 0.3) is 16.8 Å². The zero-order valence-electron chi connectivity index (χ0n) is 24.1. The molecule has 5 aromatic rings. The highest BCUT2D eigenvalue weighted by molar-refractivity contribution is 7.07. The minimum absolute atomic E-state index is 0.203. The van der Waals surface area contributed by atoms with Crippen LogP contribution in [0, 0.1) is 0 Å². The smallest absolute Gasteiger partial charge is 0.338 e. The molecule has 1 aromatic heterocycles. The average Bonchev–Trinajstić information content (AvgIpc) is 3.33. The number of esters is 1. The first-order valence-corrected chi connectivity index (χ1v) is 14.8. The van der Waals surface area contributed by atoms with E-state index in [9.17, 15) is 9.59 Å². The second-order valence-corrected chi connectivity index (χ2v) is 11.0. The number of carbonyl (C=O) groups is 1. The molecule has 1 unspecified atom stereocenters. The number of allylic oxidation sites excluding steroid dienone is 1. The van der Waals surface area contributed by atoms with Crippen LogP contribution in [0.15, 0.2) is 112 Å². The van der Waals surface area contributed by atoms with Gasteiger partial charge in [-0.1, -0.05) is 90.2 Å². The van der Waals surface area contributed by atoms with Crippen LogP contribution in [0.4, 0.5) is 0 Å². The van der Waals surface area contributed by atoms with Crippen LogP contribution in [-0.4, -0.2) is 24.3 Å². The summed E-state index contributed by atoms with van der Waals surface area (Å²) in [6.07, 6.45) is 1.82. The number of ether oxygens (including phenoxy) is 3. The number of hydrogen-bond donors (Lipinski definition) is 0. The van der Waals surface area contributed by atoms with Gasteiger partial charge in [0.15, 0.2) is 4.80 Å². The third-order valence-corrected chi connectivity index (χ3v) is 8.40. The Morgan fingerprint density at radius 1 is 0.953 bits per heavy atom. The molecule has 2 heterocycles. The van der Waals surface area contributed by atoms with Crippen molar-refractivity contribution in [2.75, 3.05) is 13.7 Å². The number of fused-ring (bicyclic) bond motifs is 2. The highest BCUT2D eigenvalue weighted by Crippen LogP contribution is 2.35. The maximum atomic E-state index is 14.1. The number of hydrogen-bond acceptors (Lipinski definition) is 7. The van der Waals surface area contributed by atoms with Gasteiger partial charge in [0.2, 0.25) is 0 Å². The predicted molar refractivity (Wildman–Crippen MR) is 168 cm³/mol. The first-order chi connectivity index (χ1) is 21.0. The molecule has 216 valence electrons. The first kappa shape index (κ1) is 28.2. The zero-order chi connectivity index (χ0) is 29.9. The summed E-state index contributed by atoms with van der Waals surface area (Å²) in [5.41, 5.74) is 3.06. The van der Waals surface area contributed by atoms with Gasteiger partial charge in [0.25, 0.3) is 5.56 Å². The van der Waals surface area contributed by atoms with Crippen molar-refractivity contribution < 1.29 is 19.0 Å². The summed E-state index contributed by atoms with van der Waals surface area (Å²) in [4.78, 5) is 32.5. The number of aromatic nitrogens is 1. The van der Waals surface area contributed by atoms with Gasteiger partial charge >= 0.3 is 5.97 Å².